The number of carbonyl (C=O) groups is 1. The van der Waals surface area contributed by atoms with E-state index in [1.165, 1.54) is 44.2 Å². The van der Waals surface area contributed by atoms with Crippen molar-refractivity contribution in [2.45, 2.75) is 116 Å². The van der Waals surface area contributed by atoms with Crippen LogP contribution in [0.4, 0.5) is 4.39 Å². The van der Waals surface area contributed by atoms with E-state index in [-0.39, 0.29) is 29.8 Å². The third-order valence-electron chi connectivity index (χ3n) is 7.92. The average Bonchev–Trinajstić information content (AvgIpc) is 3.29. The summed E-state index contributed by atoms with van der Waals surface area (Å²) >= 11 is 0. The largest absolute Gasteiger partial charge is 0.459 e. The molecule has 1 fully saturated rings. The number of fused-ring (bicyclic) bond motifs is 1. The molecule has 0 atom stereocenters. The van der Waals surface area contributed by atoms with Crippen LogP contribution in [0.1, 0.15) is 116 Å². The maximum atomic E-state index is 13.5. The minimum atomic E-state index is -0.360. The first kappa shape index (κ1) is 30.6. The normalized spacial score (nSPS) is 15.2. The van der Waals surface area contributed by atoms with E-state index in [9.17, 15) is 9.18 Å². The first-order chi connectivity index (χ1) is 17.0. The second-order valence-electron chi connectivity index (χ2n) is 10.3. The van der Waals surface area contributed by atoms with Crippen LogP contribution in [0.15, 0.2) is 22.7 Å². The Morgan fingerprint density at radius 3 is 2.42 bits per heavy atom. The fourth-order valence-electron chi connectivity index (χ4n) is 5.34. The van der Waals surface area contributed by atoms with E-state index in [2.05, 4.69) is 30.8 Å². The summed E-state index contributed by atoms with van der Waals surface area (Å²) < 4.78 is 24.9. The number of ether oxygens (including phenoxy) is 1. The van der Waals surface area contributed by atoms with Gasteiger partial charge in [0, 0.05) is 30.3 Å². The highest BCUT2D eigenvalue weighted by molar-refractivity contribution is 5.85. The van der Waals surface area contributed by atoms with Crippen molar-refractivity contribution in [3.8, 4) is 0 Å². The number of esters is 1. The van der Waals surface area contributed by atoms with Crippen molar-refractivity contribution in [3.05, 3.63) is 29.7 Å². The number of likely N-dealkylation sites (tertiary alicyclic amines) is 1. The molecule has 7 heteroatoms. The van der Waals surface area contributed by atoms with E-state index in [4.69, 9.17) is 9.26 Å². The number of rotatable bonds is 15. The van der Waals surface area contributed by atoms with Gasteiger partial charge < -0.3 is 14.2 Å². The molecular weight excluding hydrogens is 479 g/mol. The molecule has 1 saturated heterocycles. The van der Waals surface area contributed by atoms with Gasteiger partial charge in [-0.1, -0.05) is 64.5 Å². The number of unbranched alkanes of at least 4 members (excludes halogenated alkanes) is 6. The van der Waals surface area contributed by atoms with Gasteiger partial charge >= 0.3 is 5.97 Å². The fourth-order valence-corrected chi connectivity index (χ4v) is 5.34. The van der Waals surface area contributed by atoms with Crippen molar-refractivity contribution in [2.24, 2.45) is 0 Å². The summed E-state index contributed by atoms with van der Waals surface area (Å²) in [7, 11) is 0. The Morgan fingerprint density at radius 2 is 1.75 bits per heavy atom. The van der Waals surface area contributed by atoms with Gasteiger partial charge in [-0.25, -0.2) is 4.39 Å². The number of hydrogen-bond acceptors (Lipinski definition) is 5. The third kappa shape index (κ3) is 8.72. The van der Waals surface area contributed by atoms with Crippen LogP contribution in [0.2, 0.25) is 0 Å². The monoisotopic (exact) mass is 524 g/mol. The topological polar surface area (TPSA) is 55.6 Å². The standard InChI is InChI=1S/C29H45FN2O3.ClH/c1-4-7-8-9-10-11-12-13-27(33)34-29(5-2,6-3)18-21-32-19-16-23(17-20-32)28-25-15-14-24(30)22-26(25)35-31-28;/h14-15,22-23H,4-13,16-21H2,1-3H3;1H. The second-order valence-corrected chi connectivity index (χ2v) is 10.3. The van der Waals surface area contributed by atoms with E-state index in [1.54, 1.807) is 6.07 Å². The van der Waals surface area contributed by atoms with Crippen LogP contribution in [0.5, 0.6) is 0 Å². The zero-order chi connectivity index (χ0) is 25.1. The minimum Gasteiger partial charge on any atom is -0.459 e. The third-order valence-corrected chi connectivity index (χ3v) is 7.92. The van der Waals surface area contributed by atoms with Crippen LogP contribution < -0.4 is 0 Å². The van der Waals surface area contributed by atoms with E-state index >= 15 is 0 Å². The summed E-state index contributed by atoms with van der Waals surface area (Å²) in [5, 5.41) is 5.19. The molecule has 36 heavy (non-hydrogen) atoms. The molecule has 0 unspecified atom stereocenters. The highest BCUT2D eigenvalue weighted by Gasteiger charge is 2.32. The van der Waals surface area contributed by atoms with Crippen LogP contribution in [-0.4, -0.2) is 41.3 Å². The molecule has 0 saturated carbocycles. The van der Waals surface area contributed by atoms with Crippen LogP contribution in [0, 0.1) is 5.82 Å². The number of halogens is 2. The van der Waals surface area contributed by atoms with Gasteiger partial charge in [-0.3, -0.25) is 4.79 Å². The zero-order valence-corrected chi connectivity index (χ0v) is 23.3. The zero-order valence-electron chi connectivity index (χ0n) is 22.5. The van der Waals surface area contributed by atoms with Gasteiger partial charge in [0.25, 0.3) is 0 Å². The van der Waals surface area contributed by atoms with E-state index in [0.29, 0.717) is 17.9 Å². The number of aromatic nitrogens is 1. The number of nitrogens with zero attached hydrogens (tertiary/aromatic N) is 2. The molecule has 3 rings (SSSR count). The van der Waals surface area contributed by atoms with Crippen LogP contribution in [-0.2, 0) is 9.53 Å². The van der Waals surface area contributed by atoms with Crippen molar-refractivity contribution >= 4 is 29.3 Å². The van der Waals surface area contributed by atoms with Crippen LogP contribution >= 0.6 is 12.4 Å². The van der Waals surface area contributed by atoms with Gasteiger partial charge in [-0.05, 0) is 63.7 Å². The van der Waals surface area contributed by atoms with Gasteiger partial charge in [-0.15, -0.1) is 12.4 Å². The predicted octanol–water partition coefficient (Wildman–Crippen LogP) is 8.20. The number of piperidine rings is 1. The van der Waals surface area contributed by atoms with E-state index < -0.39 is 0 Å². The Bertz CT molecular complexity index is 907. The molecule has 0 amide bonds. The first-order valence-electron chi connectivity index (χ1n) is 14.0. The Kier molecular flexibility index (Phi) is 13.2. The molecule has 1 aliphatic rings. The smallest absolute Gasteiger partial charge is 0.306 e. The minimum absolute atomic E-state index is 0. The van der Waals surface area contributed by atoms with Crippen molar-refractivity contribution in [2.75, 3.05) is 19.6 Å². The molecule has 0 bridgehead atoms. The van der Waals surface area contributed by atoms with Crippen LogP contribution in [0.25, 0.3) is 11.0 Å². The number of benzene rings is 1. The lowest BCUT2D eigenvalue weighted by Gasteiger charge is -2.36. The summed E-state index contributed by atoms with van der Waals surface area (Å²) in [5.74, 6) is 0.00337. The van der Waals surface area contributed by atoms with Gasteiger partial charge in [0.15, 0.2) is 5.58 Å². The molecule has 0 N–H and O–H groups in total. The molecule has 1 aromatic heterocycles. The Morgan fingerprint density at radius 1 is 1.08 bits per heavy atom. The molecular formula is C29H46ClFN2O3. The summed E-state index contributed by atoms with van der Waals surface area (Å²) in [6.45, 7) is 9.40. The summed E-state index contributed by atoms with van der Waals surface area (Å²) in [4.78, 5) is 15.1. The second kappa shape index (κ2) is 15.6. The lowest BCUT2D eigenvalue weighted by molar-refractivity contribution is -0.162. The lowest BCUT2D eigenvalue weighted by atomic mass is 9.89. The lowest BCUT2D eigenvalue weighted by Crippen LogP contribution is -2.41. The summed E-state index contributed by atoms with van der Waals surface area (Å²) in [6.07, 6.45) is 13.6. The van der Waals surface area contributed by atoms with Crippen molar-refractivity contribution in [1.29, 1.82) is 0 Å². The van der Waals surface area contributed by atoms with E-state index in [0.717, 1.165) is 75.7 Å². The molecule has 0 spiro atoms. The Hall–Kier alpha value is -1.66. The molecule has 2 aromatic rings. The van der Waals surface area contributed by atoms with Gasteiger partial charge in [0.2, 0.25) is 0 Å². The molecule has 1 aromatic carbocycles. The van der Waals surface area contributed by atoms with Crippen molar-refractivity contribution in [1.82, 2.24) is 10.1 Å². The fraction of sp³-hybridized carbons (Fsp3) is 0.724. The first-order valence-corrected chi connectivity index (χ1v) is 14.0. The number of carbonyl (C=O) groups excluding carboxylic acids is 1. The molecule has 5 nitrogen and oxygen atoms in total. The molecule has 204 valence electrons. The van der Waals surface area contributed by atoms with Gasteiger partial charge in [-0.2, -0.15) is 0 Å². The molecule has 1 aliphatic heterocycles. The molecule has 0 radical (unpaired) electrons. The Balaban J connectivity index is 0.00000456. The summed E-state index contributed by atoms with van der Waals surface area (Å²) in [5.41, 5.74) is 1.12. The SMILES string of the molecule is CCCCCCCCCC(=O)OC(CC)(CC)CCN1CCC(c2noc3cc(F)ccc23)CC1.Cl. The maximum absolute atomic E-state index is 13.5. The molecule has 0 aliphatic carbocycles. The van der Waals surface area contributed by atoms with Gasteiger partial charge in [0.1, 0.15) is 11.4 Å². The summed E-state index contributed by atoms with van der Waals surface area (Å²) in [6, 6.07) is 4.66. The number of hydrogen-bond donors (Lipinski definition) is 0. The predicted molar refractivity (Wildman–Crippen MR) is 146 cm³/mol. The van der Waals surface area contributed by atoms with E-state index in [1.807, 2.05) is 0 Å². The maximum Gasteiger partial charge on any atom is 0.306 e. The van der Waals surface area contributed by atoms with Crippen LogP contribution in [0.3, 0.4) is 0 Å². The van der Waals surface area contributed by atoms with Crippen molar-refractivity contribution < 1.29 is 18.4 Å². The Labute approximate surface area is 222 Å². The van der Waals surface area contributed by atoms with Gasteiger partial charge in [0.05, 0.1) is 5.69 Å². The average molecular weight is 525 g/mol. The highest BCUT2D eigenvalue weighted by atomic mass is 35.5. The quantitative estimate of drug-likeness (QED) is 0.173. The van der Waals surface area contributed by atoms with Crippen molar-refractivity contribution in [3.63, 3.8) is 0 Å². The highest BCUT2D eigenvalue weighted by Crippen LogP contribution is 2.34. The molecule has 2 heterocycles.